The largest absolute Gasteiger partial charge is 0.493 e. The van der Waals surface area contributed by atoms with Gasteiger partial charge in [0.05, 0.1) is 19.7 Å². The fraction of sp³-hybridized carbons (Fsp3) is 0.625. The molecule has 1 aromatic heterocycles. The van der Waals surface area contributed by atoms with Gasteiger partial charge in [0.25, 0.3) is 0 Å². The van der Waals surface area contributed by atoms with E-state index in [1.165, 1.54) is 37.7 Å². The van der Waals surface area contributed by atoms with E-state index in [0.29, 0.717) is 32.3 Å². The van der Waals surface area contributed by atoms with Crippen LogP contribution in [-0.2, 0) is 24.9 Å². The molecule has 0 atom stereocenters. The Balaban J connectivity index is 1.70. The molecule has 0 radical (unpaired) electrons. The van der Waals surface area contributed by atoms with Gasteiger partial charge in [0.2, 0.25) is 0 Å². The van der Waals surface area contributed by atoms with E-state index in [1.807, 2.05) is 18.5 Å². The van der Waals surface area contributed by atoms with Crippen LogP contribution in [0.2, 0.25) is 0 Å². The molecule has 1 fully saturated rings. The number of aromatic nitrogens is 3. The first-order valence-electron chi connectivity index (χ1n) is 11.7. The normalized spacial score (nSPS) is 15.1. The molecule has 2 N–H and O–H groups in total. The molecule has 0 bridgehead atoms. The van der Waals surface area contributed by atoms with Gasteiger partial charge >= 0.3 is 0 Å². The van der Waals surface area contributed by atoms with Crippen molar-refractivity contribution in [1.82, 2.24) is 25.4 Å². The van der Waals surface area contributed by atoms with Gasteiger partial charge in [0.15, 0.2) is 11.8 Å². The van der Waals surface area contributed by atoms with Gasteiger partial charge in [0.1, 0.15) is 11.6 Å². The van der Waals surface area contributed by atoms with Gasteiger partial charge in [-0.05, 0) is 38.3 Å². The van der Waals surface area contributed by atoms with Gasteiger partial charge in [0, 0.05) is 38.8 Å². The first kappa shape index (κ1) is 24.0. The van der Waals surface area contributed by atoms with Gasteiger partial charge in [-0.15, -0.1) is 10.2 Å². The second-order valence-corrected chi connectivity index (χ2v) is 8.53. The Kier molecular flexibility index (Phi) is 9.34. The van der Waals surface area contributed by atoms with Crippen molar-refractivity contribution in [2.75, 3.05) is 20.3 Å². The highest BCUT2D eigenvalue weighted by Gasteiger charge is 2.16. The molecule has 1 heterocycles. The zero-order chi connectivity index (χ0) is 22.8. The second-order valence-electron chi connectivity index (χ2n) is 8.53. The summed E-state index contributed by atoms with van der Waals surface area (Å²) in [4.78, 5) is 4.91. The lowest BCUT2D eigenvalue weighted by Gasteiger charge is -2.25. The van der Waals surface area contributed by atoms with Gasteiger partial charge in [-0.2, -0.15) is 0 Å². The van der Waals surface area contributed by atoms with Crippen LogP contribution < -0.4 is 15.4 Å². The predicted octanol–water partition coefficient (Wildman–Crippen LogP) is 3.42. The highest BCUT2D eigenvalue weighted by atomic mass is 16.5. The summed E-state index contributed by atoms with van der Waals surface area (Å²) in [5, 5.41) is 15.5. The quantitative estimate of drug-likeness (QED) is 0.333. The molecule has 1 saturated carbocycles. The van der Waals surface area contributed by atoms with Crippen LogP contribution in [0.25, 0.3) is 0 Å². The Bertz CT molecular complexity index is 873. The number of aryl methyl sites for hydroxylation is 2. The van der Waals surface area contributed by atoms with E-state index in [0.717, 1.165) is 35.3 Å². The Morgan fingerprint density at radius 3 is 2.69 bits per heavy atom. The van der Waals surface area contributed by atoms with Gasteiger partial charge in [-0.25, -0.2) is 4.99 Å². The summed E-state index contributed by atoms with van der Waals surface area (Å²) in [6, 6.07) is 6.76. The average molecular weight is 443 g/mol. The number of ether oxygens (including phenoxy) is 2. The summed E-state index contributed by atoms with van der Waals surface area (Å²) in [6.07, 6.45) is 7.09. The summed E-state index contributed by atoms with van der Waals surface area (Å²) in [7, 11) is 3.69. The van der Waals surface area contributed by atoms with E-state index in [1.54, 1.807) is 7.11 Å². The van der Waals surface area contributed by atoms with Crippen molar-refractivity contribution >= 4 is 5.96 Å². The fourth-order valence-electron chi connectivity index (χ4n) is 3.84. The highest BCUT2D eigenvalue weighted by molar-refractivity contribution is 5.80. The van der Waals surface area contributed by atoms with Crippen molar-refractivity contribution in [2.24, 2.45) is 12.0 Å². The molecule has 1 aliphatic rings. The van der Waals surface area contributed by atoms with E-state index in [2.05, 4.69) is 46.0 Å². The van der Waals surface area contributed by atoms with E-state index in [9.17, 15) is 0 Å². The minimum Gasteiger partial charge on any atom is -0.493 e. The summed E-state index contributed by atoms with van der Waals surface area (Å²) in [5.41, 5.74) is 2.25. The summed E-state index contributed by atoms with van der Waals surface area (Å²) >= 11 is 0. The minimum absolute atomic E-state index is 0.457. The third kappa shape index (κ3) is 7.22. The molecule has 32 heavy (non-hydrogen) atoms. The number of nitrogens with zero attached hydrogens (tertiary/aromatic N) is 4. The SMILES string of the molecule is COCCCOc1cc(C)ccc1CN=C(NCc1nnc(C)n1C)NC1CCCCC1. The van der Waals surface area contributed by atoms with Crippen molar-refractivity contribution in [3.05, 3.63) is 41.0 Å². The standard InChI is InChI=1S/C24H38N6O2/c1-18-11-12-20(22(15-18)32-14-8-13-31-4)16-25-24(27-21-9-6-5-7-10-21)26-17-23-29-28-19(2)30(23)3/h11-12,15,21H,5-10,13-14,16-17H2,1-4H3,(H2,25,26,27). The molecule has 3 rings (SSSR count). The van der Waals surface area contributed by atoms with Crippen LogP contribution in [0.15, 0.2) is 23.2 Å². The van der Waals surface area contributed by atoms with Crippen LogP contribution in [0.5, 0.6) is 5.75 Å². The first-order chi connectivity index (χ1) is 15.6. The molecule has 0 unspecified atom stereocenters. The van der Waals surface area contributed by atoms with Crippen molar-refractivity contribution in [3.8, 4) is 5.75 Å². The maximum absolute atomic E-state index is 6.04. The summed E-state index contributed by atoms with van der Waals surface area (Å²) < 4.78 is 13.2. The minimum atomic E-state index is 0.457. The highest BCUT2D eigenvalue weighted by Crippen LogP contribution is 2.22. The van der Waals surface area contributed by atoms with Gasteiger partial charge < -0.3 is 24.7 Å². The molecular weight excluding hydrogens is 404 g/mol. The number of benzene rings is 1. The molecule has 0 aliphatic heterocycles. The van der Waals surface area contributed by atoms with Crippen LogP contribution >= 0.6 is 0 Å². The lowest BCUT2D eigenvalue weighted by atomic mass is 9.96. The number of methoxy groups -OCH3 is 1. The molecule has 0 amide bonds. The summed E-state index contributed by atoms with van der Waals surface area (Å²) in [5.74, 6) is 3.49. The van der Waals surface area contributed by atoms with E-state index in [4.69, 9.17) is 14.5 Å². The molecule has 1 aliphatic carbocycles. The number of guanidine groups is 1. The maximum Gasteiger partial charge on any atom is 0.192 e. The Labute approximate surface area is 191 Å². The third-order valence-corrected chi connectivity index (χ3v) is 5.92. The summed E-state index contributed by atoms with van der Waals surface area (Å²) in [6.45, 7) is 6.47. The van der Waals surface area contributed by atoms with Crippen LogP contribution in [0, 0.1) is 13.8 Å². The van der Waals surface area contributed by atoms with Crippen molar-refractivity contribution in [1.29, 1.82) is 0 Å². The Morgan fingerprint density at radius 2 is 1.97 bits per heavy atom. The molecule has 176 valence electrons. The molecule has 0 saturated heterocycles. The van der Waals surface area contributed by atoms with Crippen molar-refractivity contribution in [2.45, 2.75) is 71.5 Å². The van der Waals surface area contributed by atoms with Gasteiger partial charge in [-0.3, -0.25) is 0 Å². The number of rotatable bonds is 10. The van der Waals surface area contributed by atoms with Crippen LogP contribution in [-0.4, -0.2) is 47.1 Å². The van der Waals surface area contributed by atoms with Crippen molar-refractivity contribution in [3.63, 3.8) is 0 Å². The number of hydrogen-bond acceptors (Lipinski definition) is 5. The number of aliphatic imine (C=N–C) groups is 1. The zero-order valence-corrected chi connectivity index (χ0v) is 20.0. The second kappa shape index (κ2) is 12.4. The molecular formula is C24H38N6O2. The third-order valence-electron chi connectivity index (χ3n) is 5.92. The van der Waals surface area contributed by atoms with Crippen LogP contribution in [0.3, 0.4) is 0 Å². The molecule has 8 nitrogen and oxygen atoms in total. The van der Waals surface area contributed by atoms with E-state index < -0.39 is 0 Å². The van der Waals surface area contributed by atoms with Crippen molar-refractivity contribution < 1.29 is 9.47 Å². The Hall–Kier alpha value is -2.61. The zero-order valence-electron chi connectivity index (χ0n) is 20.0. The lowest BCUT2D eigenvalue weighted by molar-refractivity contribution is 0.172. The maximum atomic E-state index is 6.04. The Morgan fingerprint density at radius 1 is 1.16 bits per heavy atom. The topological polar surface area (TPSA) is 85.6 Å². The molecule has 1 aromatic carbocycles. The van der Waals surface area contributed by atoms with Gasteiger partial charge in [-0.1, -0.05) is 31.4 Å². The molecule has 2 aromatic rings. The van der Waals surface area contributed by atoms with Crippen LogP contribution in [0.4, 0.5) is 0 Å². The number of nitrogens with one attached hydrogen (secondary N) is 2. The molecule has 0 spiro atoms. The predicted molar refractivity (Wildman–Crippen MR) is 127 cm³/mol. The lowest BCUT2D eigenvalue weighted by Crippen LogP contribution is -2.44. The van der Waals surface area contributed by atoms with Crippen LogP contribution in [0.1, 0.15) is 61.3 Å². The number of hydrogen-bond donors (Lipinski definition) is 2. The smallest absolute Gasteiger partial charge is 0.192 e. The average Bonchev–Trinajstić information content (AvgIpc) is 3.12. The monoisotopic (exact) mass is 442 g/mol. The van der Waals surface area contributed by atoms with E-state index >= 15 is 0 Å². The molecule has 8 heteroatoms. The fourth-order valence-corrected chi connectivity index (χ4v) is 3.84. The first-order valence-corrected chi connectivity index (χ1v) is 11.7. The van der Waals surface area contributed by atoms with E-state index in [-0.39, 0.29) is 0 Å².